The first-order chi connectivity index (χ1) is 10.3. The predicted octanol–water partition coefficient (Wildman–Crippen LogP) is 6.26. The summed E-state index contributed by atoms with van der Waals surface area (Å²) < 4.78 is 4.62. The molecule has 0 aromatic carbocycles. The lowest BCUT2D eigenvalue weighted by Crippen LogP contribution is -1.98. The van der Waals surface area contributed by atoms with Crippen LogP contribution in [0, 0.1) is 0 Å². The number of carbonyl (C=O) groups is 1. The van der Waals surface area contributed by atoms with Crippen molar-refractivity contribution in [2.24, 2.45) is 0 Å². The van der Waals surface area contributed by atoms with E-state index in [0.717, 1.165) is 12.8 Å². The molecule has 1 unspecified atom stereocenters. The molecular formula is C19H39O2P. The Morgan fingerprint density at radius 2 is 1.23 bits per heavy atom. The lowest BCUT2D eigenvalue weighted by atomic mass is 10.1. The van der Waals surface area contributed by atoms with E-state index in [-0.39, 0.29) is 15.9 Å². The summed E-state index contributed by atoms with van der Waals surface area (Å²) in [6, 6.07) is 0. The van der Waals surface area contributed by atoms with Crippen molar-refractivity contribution in [1.29, 1.82) is 0 Å². The number of unbranched alkanes of at least 4 members (excludes halogenated alkanes) is 11. The predicted molar refractivity (Wildman–Crippen MR) is 103 cm³/mol. The molecule has 0 radical (unpaired) electrons. The zero-order chi connectivity index (χ0) is 15.6. The summed E-state index contributed by atoms with van der Waals surface area (Å²) in [6.07, 6.45) is 22.0. The molecule has 0 fully saturated rings. The first kappa shape index (κ1) is 23.9. The summed E-state index contributed by atoms with van der Waals surface area (Å²) in [6.45, 7) is 2.27. The van der Waals surface area contributed by atoms with Gasteiger partial charge in [-0.3, -0.25) is 4.79 Å². The Morgan fingerprint density at radius 3 is 1.73 bits per heavy atom. The second-order valence-corrected chi connectivity index (χ2v) is 5.91. The second-order valence-electron chi connectivity index (χ2n) is 5.91. The maximum atomic E-state index is 10.9. The summed E-state index contributed by atoms with van der Waals surface area (Å²) in [4.78, 5) is 10.9. The van der Waals surface area contributed by atoms with Crippen molar-refractivity contribution in [3.63, 3.8) is 0 Å². The van der Waals surface area contributed by atoms with Gasteiger partial charge in [0, 0.05) is 6.42 Å². The quantitative estimate of drug-likeness (QED) is 0.153. The minimum Gasteiger partial charge on any atom is -0.469 e. The normalized spacial score (nSPS) is 10.6. The molecule has 0 aliphatic rings. The van der Waals surface area contributed by atoms with Crippen molar-refractivity contribution >= 4 is 15.9 Å². The van der Waals surface area contributed by atoms with Crippen LogP contribution >= 0.6 is 9.90 Å². The third-order valence-electron chi connectivity index (χ3n) is 3.87. The zero-order valence-corrected chi connectivity index (χ0v) is 16.5. The molecule has 0 aliphatic carbocycles. The van der Waals surface area contributed by atoms with Crippen LogP contribution in [0.5, 0.6) is 0 Å². The van der Waals surface area contributed by atoms with Gasteiger partial charge in [-0.15, -0.1) is 0 Å². The van der Waals surface area contributed by atoms with Crippen LogP contribution in [0.1, 0.15) is 96.8 Å². The summed E-state index contributed by atoms with van der Waals surface area (Å²) in [5, 5.41) is 0. The highest BCUT2D eigenvalue weighted by atomic mass is 31.0. The standard InChI is InChI=1S/C19H36O2.H3P/c1-3-4-5-6-7-8-9-10-11-12-13-14-15-16-17-18-19(20)21-2;/h10-11H,3-9,12-18H2,1-2H3;1H3/b11-10-;. The highest BCUT2D eigenvalue weighted by Crippen LogP contribution is 2.10. The van der Waals surface area contributed by atoms with Gasteiger partial charge in [0.25, 0.3) is 0 Å². The van der Waals surface area contributed by atoms with Crippen LogP contribution in [0.4, 0.5) is 0 Å². The Balaban J connectivity index is 0. The van der Waals surface area contributed by atoms with Gasteiger partial charge in [-0.05, 0) is 32.1 Å². The van der Waals surface area contributed by atoms with Crippen molar-refractivity contribution in [2.45, 2.75) is 96.8 Å². The largest absolute Gasteiger partial charge is 0.469 e. The van der Waals surface area contributed by atoms with Crippen molar-refractivity contribution in [3.05, 3.63) is 12.2 Å². The third-order valence-corrected chi connectivity index (χ3v) is 3.87. The van der Waals surface area contributed by atoms with E-state index in [0.29, 0.717) is 6.42 Å². The molecule has 0 heterocycles. The minimum absolute atomic E-state index is 0. The topological polar surface area (TPSA) is 26.3 Å². The number of carbonyl (C=O) groups excluding carboxylic acids is 1. The molecule has 0 aromatic heterocycles. The molecular weight excluding hydrogens is 291 g/mol. The molecule has 2 nitrogen and oxygen atoms in total. The second kappa shape index (κ2) is 20.6. The van der Waals surface area contributed by atoms with E-state index in [2.05, 4.69) is 23.8 Å². The highest BCUT2D eigenvalue weighted by Gasteiger charge is 1.98. The molecule has 0 rings (SSSR count). The van der Waals surface area contributed by atoms with E-state index in [1.165, 1.54) is 77.7 Å². The van der Waals surface area contributed by atoms with Crippen molar-refractivity contribution in [3.8, 4) is 0 Å². The van der Waals surface area contributed by atoms with E-state index < -0.39 is 0 Å². The van der Waals surface area contributed by atoms with Gasteiger partial charge in [0.2, 0.25) is 0 Å². The fraction of sp³-hybridized carbons (Fsp3) is 0.842. The number of rotatable bonds is 15. The summed E-state index contributed by atoms with van der Waals surface area (Å²) in [5.74, 6) is -0.0763. The van der Waals surface area contributed by atoms with Crippen LogP contribution < -0.4 is 0 Å². The maximum Gasteiger partial charge on any atom is 0.305 e. The molecule has 0 aliphatic heterocycles. The lowest BCUT2D eigenvalue weighted by molar-refractivity contribution is -0.140. The number of hydrogen-bond donors (Lipinski definition) is 0. The fourth-order valence-corrected chi connectivity index (χ4v) is 2.44. The fourth-order valence-electron chi connectivity index (χ4n) is 2.44. The van der Waals surface area contributed by atoms with Crippen LogP contribution in [-0.4, -0.2) is 13.1 Å². The smallest absolute Gasteiger partial charge is 0.305 e. The Hall–Kier alpha value is -0.360. The van der Waals surface area contributed by atoms with Gasteiger partial charge < -0.3 is 4.74 Å². The van der Waals surface area contributed by atoms with Gasteiger partial charge in [0.1, 0.15) is 0 Å². The van der Waals surface area contributed by atoms with E-state index >= 15 is 0 Å². The Bertz CT molecular complexity index is 252. The van der Waals surface area contributed by atoms with E-state index in [9.17, 15) is 4.79 Å². The Morgan fingerprint density at radius 1 is 0.773 bits per heavy atom. The number of hydrogen-bond acceptors (Lipinski definition) is 2. The van der Waals surface area contributed by atoms with Crippen LogP contribution in [0.15, 0.2) is 12.2 Å². The maximum absolute atomic E-state index is 10.9. The summed E-state index contributed by atoms with van der Waals surface area (Å²) >= 11 is 0. The molecule has 1 atom stereocenters. The van der Waals surface area contributed by atoms with E-state index in [4.69, 9.17) is 0 Å². The van der Waals surface area contributed by atoms with Gasteiger partial charge in [-0.2, -0.15) is 9.90 Å². The first-order valence-electron chi connectivity index (χ1n) is 9.03. The molecule has 22 heavy (non-hydrogen) atoms. The monoisotopic (exact) mass is 330 g/mol. The molecule has 0 spiro atoms. The highest BCUT2D eigenvalue weighted by molar-refractivity contribution is 6.92. The van der Waals surface area contributed by atoms with Crippen molar-refractivity contribution in [2.75, 3.05) is 7.11 Å². The first-order valence-corrected chi connectivity index (χ1v) is 9.03. The van der Waals surface area contributed by atoms with E-state index in [1.807, 2.05) is 0 Å². The van der Waals surface area contributed by atoms with E-state index in [1.54, 1.807) is 0 Å². The minimum atomic E-state index is -0.0763. The van der Waals surface area contributed by atoms with Gasteiger partial charge in [-0.25, -0.2) is 0 Å². The number of esters is 1. The molecule has 0 amide bonds. The molecule has 0 saturated carbocycles. The Kier molecular flexibility index (Phi) is 22.4. The van der Waals surface area contributed by atoms with Crippen LogP contribution in [0.2, 0.25) is 0 Å². The summed E-state index contributed by atoms with van der Waals surface area (Å²) in [7, 11) is 1.46. The van der Waals surface area contributed by atoms with Crippen LogP contribution in [-0.2, 0) is 9.53 Å². The average molecular weight is 330 g/mol. The van der Waals surface area contributed by atoms with Gasteiger partial charge in [0.15, 0.2) is 0 Å². The number of allylic oxidation sites excluding steroid dienone is 2. The van der Waals surface area contributed by atoms with Crippen molar-refractivity contribution < 1.29 is 9.53 Å². The molecule has 0 aromatic rings. The molecule has 0 N–H and O–H groups in total. The molecule has 0 saturated heterocycles. The number of ether oxygens (including phenoxy) is 1. The van der Waals surface area contributed by atoms with Crippen LogP contribution in [0.25, 0.3) is 0 Å². The van der Waals surface area contributed by atoms with Gasteiger partial charge in [-0.1, -0.05) is 70.4 Å². The molecule has 132 valence electrons. The van der Waals surface area contributed by atoms with Gasteiger partial charge in [0.05, 0.1) is 7.11 Å². The number of methoxy groups -OCH3 is 1. The lowest BCUT2D eigenvalue weighted by Gasteiger charge is -2.00. The van der Waals surface area contributed by atoms with Gasteiger partial charge >= 0.3 is 5.97 Å². The molecule has 0 bridgehead atoms. The SMILES string of the molecule is CCCCCCCC/C=C\CCCCCCCC(=O)OC.P. The third kappa shape index (κ3) is 19.6. The average Bonchev–Trinajstić information content (AvgIpc) is 2.50. The van der Waals surface area contributed by atoms with Crippen molar-refractivity contribution in [1.82, 2.24) is 0 Å². The molecule has 3 heteroatoms. The Labute approximate surface area is 142 Å². The summed E-state index contributed by atoms with van der Waals surface area (Å²) in [5.41, 5.74) is 0. The zero-order valence-electron chi connectivity index (χ0n) is 15.1. The van der Waals surface area contributed by atoms with Crippen LogP contribution in [0.3, 0.4) is 0 Å².